The highest BCUT2D eigenvalue weighted by molar-refractivity contribution is 5.99. The van der Waals surface area contributed by atoms with Gasteiger partial charge in [-0.05, 0) is 44.7 Å². The number of rotatable bonds is 6. The Bertz CT molecular complexity index is 634. The predicted molar refractivity (Wildman–Crippen MR) is 92.0 cm³/mol. The van der Waals surface area contributed by atoms with Gasteiger partial charge in [0.15, 0.2) is 5.78 Å². The van der Waals surface area contributed by atoms with E-state index in [0.29, 0.717) is 11.3 Å². The minimum atomic E-state index is -0.962. The van der Waals surface area contributed by atoms with Crippen molar-refractivity contribution in [2.75, 3.05) is 5.32 Å². The van der Waals surface area contributed by atoms with Crippen LogP contribution < -0.4 is 5.32 Å². The highest BCUT2D eigenvalue weighted by Gasteiger charge is 2.43. The van der Waals surface area contributed by atoms with Crippen LogP contribution in [0.25, 0.3) is 0 Å². The third kappa shape index (κ3) is 4.22. The van der Waals surface area contributed by atoms with Crippen LogP contribution in [0.5, 0.6) is 0 Å². The number of hydrogen-bond acceptors (Lipinski definition) is 3. The van der Waals surface area contributed by atoms with E-state index in [2.05, 4.69) is 5.32 Å². The van der Waals surface area contributed by atoms with Crippen LogP contribution in [0.4, 0.5) is 5.69 Å². The van der Waals surface area contributed by atoms with Crippen LogP contribution in [0.15, 0.2) is 24.3 Å². The number of amides is 1. The number of carboxylic acid groups (broad SMARTS) is 1. The fraction of sp³-hybridized carbons (Fsp3) is 0.526. The lowest BCUT2D eigenvalue weighted by atomic mass is 9.67. The molecule has 1 saturated carbocycles. The second-order valence-corrected chi connectivity index (χ2v) is 6.91. The second kappa shape index (κ2) is 7.60. The lowest BCUT2D eigenvalue weighted by Crippen LogP contribution is -2.42. The van der Waals surface area contributed by atoms with Crippen molar-refractivity contribution in [3.8, 4) is 0 Å². The Labute approximate surface area is 142 Å². The van der Waals surface area contributed by atoms with Gasteiger partial charge in [0.2, 0.25) is 5.91 Å². The minimum absolute atomic E-state index is 0.0679. The molecule has 1 aromatic rings. The molecule has 2 rings (SSSR count). The van der Waals surface area contributed by atoms with Gasteiger partial charge >= 0.3 is 5.97 Å². The Morgan fingerprint density at radius 2 is 1.88 bits per heavy atom. The van der Waals surface area contributed by atoms with E-state index >= 15 is 0 Å². The van der Waals surface area contributed by atoms with Gasteiger partial charge in [-0.2, -0.15) is 0 Å². The summed E-state index contributed by atoms with van der Waals surface area (Å²) in [5, 5.41) is 12.1. The number of ketones is 1. The number of nitrogens with one attached hydrogen (secondary N) is 1. The van der Waals surface area contributed by atoms with Gasteiger partial charge in [0.25, 0.3) is 0 Å². The molecule has 0 heterocycles. The van der Waals surface area contributed by atoms with Crippen LogP contribution in [-0.4, -0.2) is 22.8 Å². The predicted octanol–water partition coefficient (Wildman–Crippen LogP) is 3.89. The van der Waals surface area contributed by atoms with E-state index in [0.717, 1.165) is 32.1 Å². The summed E-state index contributed by atoms with van der Waals surface area (Å²) in [5.41, 5.74) is 0.101. The molecule has 1 aliphatic rings. The number of carbonyl (C=O) groups excluding carboxylic acids is 2. The lowest BCUT2D eigenvalue weighted by molar-refractivity contribution is -0.145. The van der Waals surface area contributed by atoms with Crippen molar-refractivity contribution in [3.05, 3.63) is 29.8 Å². The molecule has 0 spiro atoms. The zero-order valence-corrected chi connectivity index (χ0v) is 14.3. The number of benzene rings is 1. The van der Waals surface area contributed by atoms with Crippen molar-refractivity contribution in [2.45, 2.75) is 52.4 Å². The molecule has 5 nitrogen and oxygen atoms in total. The largest absolute Gasteiger partial charge is 0.481 e. The van der Waals surface area contributed by atoms with E-state index in [-0.39, 0.29) is 24.0 Å². The molecule has 0 saturated heterocycles. The van der Waals surface area contributed by atoms with Gasteiger partial charge in [0.05, 0.1) is 11.8 Å². The van der Waals surface area contributed by atoms with Gasteiger partial charge < -0.3 is 10.4 Å². The molecule has 5 heteroatoms. The molecular formula is C19H25NO4. The Kier molecular flexibility index (Phi) is 5.75. The molecule has 2 N–H and O–H groups in total. The summed E-state index contributed by atoms with van der Waals surface area (Å²) in [6, 6.07) is 6.74. The van der Waals surface area contributed by atoms with Gasteiger partial charge in [0, 0.05) is 11.3 Å². The quantitative estimate of drug-likeness (QED) is 0.775. The van der Waals surface area contributed by atoms with E-state index in [1.165, 1.54) is 6.92 Å². The maximum Gasteiger partial charge on any atom is 0.304 e. The van der Waals surface area contributed by atoms with Crippen molar-refractivity contribution >= 4 is 23.3 Å². The number of carbonyl (C=O) groups is 3. The Morgan fingerprint density at radius 1 is 1.21 bits per heavy atom. The van der Waals surface area contributed by atoms with E-state index in [1.807, 2.05) is 0 Å². The van der Waals surface area contributed by atoms with Gasteiger partial charge in [-0.1, -0.05) is 31.4 Å². The van der Waals surface area contributed by atoms with Crippen molar-refractivity contribution in [1.29, 1.82) is 0 Å². The molecule has 24 heavy (non-hydrogen) atoms. The summed E-state index contributed by atoms with van der Waals surface area (Å²) in [6.07, 6.45) is 4.78. The molecule has 0 unspecified atom stereocenters. The van der Waals surface area contributed by atoms with Gasteiger partial charge in [0.1, 0.15) is 0 Å². The average molecular weight is 331 g/mol. The standard InChI is InChI=1S/C19H25NO4/c1-13(21)14-7-6-10-16(11-14)20-18(24)19(2,12-17(22)23)15-8-4-3-5-9-15/h6-7,10-11,15H,3-5,8-9,12H2,1-2H3,(H,20,24)(H,22,23)/t19-/m0/s1. The fourth-order valence-corrected chi connectivity index (χ4v) is 3.55. The molecule has 130 valence electrons. The summed E-state index contributed by atoms with van der Waals surface area (Å²) >= 11 is 0. The molecule has 1 aliphatic carbocycles. The van der Waals surface area contributed by atoms with Crippen molar-refractivity contribution < 1.29 is 19.5 Å². The third-order valence-corrected chi connectivity index (χ3v) is 5.07. The number of Topliss-reactive ketones (excluding diaryl/α,β-unsaturated/α-hetero) is 1. The average Bonchev–Trinajstić information content (AvgIpc) is 2.55. The van der Waals surface area contributed by atoms with Crippen LogP contribution >= 0.6 is 0 Å². The molecule has 1 atom stereocenters. The first-order valence-electron chi connectivity index (χ1n) is 8.47. The van der Waals surface area contributed by atoms with E-state index in [9.17, 15) is 19.5 Å². The van der Waals surface area contributed by atoms with Gasteiger partial charge in [-0.3, -0.25) is 14.4 Å². The highest BCUT2D eigenvalue weighted by atomic mass is 16.4. The zero-order chi connectivity index (χ0) is 17.7. The first-order valence-corrected chi connectivity index (χ1v) is 8.47. The summed E-state index contributed by atoms with van der Waals surface area (Å²) in [5.74, 6) is -1.25. The SMILES string of the molecule is CC(=O)c1cccc(NC(=O)[C@@](C)(CC(=O)O)C2CCCCC2)c1. The number of hydrogen-bond donors (Lipinski definition) is 2. The third-order valence-electron chi connectivity index (χ3n) is 5.07. The van der Waals surface area contributed by atoms with E-state index in [4.69, 9.17) is 0 Å². The second-order valence-electron chi connectivity index (χ2n) is 6.91. The zero-order valence-electron chi connectivity index (χ0n) is 14.3. The fourth-order valence-electron chi connectivity index (χ4n) is 3.55. The van der Waals surface area contributed by atoms with Crippen LogP contribution in [0, 0.1) is 11.3 Å². The Balaban J connectivity index is 2.22. The van der Waals surface area contributed by atoms with Gasteiger partial charge in [-0.15, -0.1) is 0 Å². The summed E-state index contributed by atoms with van der Waals surface area (Å²) in [6.45, 7) is 3.22. The topological polar surface area (TPSA) is 83.5 Å². The maximum atomic E-state index is 12.9. The van der Waals surface area contributed by atoms with Crippen molar-refractivity contribution in [2.24, 2.45) is 11.3 Å². The first-order chi connectivity index (χ1) is 11.3. The lowest BCUT2D eigenvalue weighted by Gasteiger charge is -2.37. The van der Waals surface area contributed by atoms with Gasteiger partial charge in [-0.25, -0.2) is 0 Å². The van der Waals surface area contributed by atoms with Crippen molar-refractivity contribution in [3.63, 3.8) is 0 Å². The summed E-state index contributed by atoms with van der Waals surface area (Å²) < 4.78 is 0. The summed E-state index contributed by atoms with van der Waals surface area (Å²) in [4.78, 5) is 35.7. The highest BCUT2D eigenvalue weighted by Crippen LogP contribution is 2.42. The smallest absolute Gasteiger partial charge is 0.304 e. The Morgan fingerprint density at radius 3 is 2.46 bits per heavy atom. The van der Waals surface area contributed by atoms with Crippen LogP contribution in [0.3, 0.4) is 0 Å². The Hall–Kier alpha value is -2.17. The van der Waals surface area contributed by atoms with E-state index in [1.54, 1.807) is 31.2 Å². The van der Waals surface area contributed by atoms with Crippen LogP contribution in [-0.2, 0) is 9.59 Å². The number of carboxylic acids is 1. The molecule has 0 radical (unpaired) electrons. The first kappa shape index (κ1) is 18.2. The normalized spacial score (nSPS) is 17.8. The molecule has 0 aliphatic heterocycles. The van der Waals surface area contributed by atoms with Crippen molar-refractivity contribution in [1.82, 2.24) is 0 Å². The molecule has 0 bridgehead atoms. The number of aliphatic carboxylic acids is 1. The van der Waals surface area contributed by atoms with Crippen LogP contribution in [0.2, 0.25) is 0 Å². The molecular weight excluding hydrogens is 306 g/mol. The molecule has 0 aromatic heterocycles. The summed E-state index contributed by atoms with van der Waals surface area (Å²) in [7, 11) is 0. The monoisotopic (exact) mass is 331 g/mol. The molecule has 1 fully saturated rings. The maximum absolute atomic E-state index is 12.9. The number of anilines is 1. The van der Waals surface area contributed by atoms with Crippen LogP contribution in [0.1, 0.15) is 62.7 Å². The molecule has 1 aromatic carbocycles. The van der Waals surface area contributed by atoms with E-state index < -0.39 is 11.4 Å². The molecule has 1 amide bonds. The minimum Gasteiger partial charge on any atom is -0.481 e.